The molecule has 1 amide bonds. The number of benzene rings is 2. The minimum absolute atomic E-state index is 0.222. The second kappa shape index (κ2) is 9.11. The zero-order chi connectivity index (χ0) is 20.8. The molecule has 0 saturated carbocycles. The third kappa shape index (κ3) is 4.66. The molecule has 0 spiro atoms. The average Bonchev–Trinajstić information content (AvgIpc) is 3.10. The van der Waals surface area contributed by atoms with E-state index in [4.69, 9.17) is 32.2 Å². The number of carbonyl (C=O) groups is 1. The Morgan fingerprint density at radius 2 is 1.93 bits per heavy atom. The molecule has 0 bridgehead atoms. The fourth-order valence-electron chi connectivity index (χ4n) is 2.71. The molecule has 152 valence electrons. The van der Waals surface area contributed by atoms with Crippen molar-refractivity contribution < 1.29 is 19.0 Å². The second-order valence-corrected chi connectivity index (χ2v) is 6.35. The van der Waals surface area contributed by atoms with Gasteiger partial charge in [0.15, 0.2) is 23.9 Å². The molecule has 0 aliphatic carbocycles. The Labute approximate surface area is 172 Å². The molecule has 4 N–H and O–H groups in total. The van der Waals surface area contributed by atoms with Crippen molar-refractivity contribution in [2.45, 2.75) is 6.54 Å². The number of rotatable bonds is 9. The summed E-state index contributed by atoms with van der Waals surface area (Å²) in [7, 11) is 3.13. The van der Waals surface area contributed by atoms with Gasteiger partial charge in [0.05, 0.1) is 26.3 Å². The van der Waals surface area contributed by atoms with Crippen LogP contribution in [0, 0.1) is 4.77 Å². The third-order valence-corrected chi connectivity index (χ3v) is 4.33. The lowest BCUT2D eigenvalue weighted by molar-refractivity contribution is -0.119. The van der Waals surface area contributed by atoms with Crippen molar-refractivity contribution in [3.8, 4) is 28.6 Å². The lowest BCUT2D eigenvalue weighted by Crippen LogP contribution is -2.20. The summed E-state index contributed by atoms with van der Waals surface area (Å²) in [5.41, 5.74) is 10.1. The van der Waals surface area contributed by atoms with Crippen LogP contribution in [0.25, 0.3) is 11.4 Å². The second-order valence-electron chi connectivity index (χ2n) is 5.96. The van der Waals surface area contributed by atoms with Gasteiger partial charge in [0.2, 0.25) is 4.77 Å². The van der Waals surface area contributed by atoms with Crippen LogP contribution >= 0.6 is 12.2 Å². The van der Waals surface area contributed by atoms with Crippen LogP contribution in [0.1, 0.15) is 5.56 Å². The summed E-state index contributed by atoms with van der Waals surface area (Å²) in [6.07, 6.45) is 0. The van der Waals surface area contributed by atoms with E-state index in [1.165, 1.54) is 7.11 Å². The molecular formula is C19H21N5O4S. The van der Waals surface area contributed by atoms with E-state index >= 15 is 0 Å². The molecule has 0 fully saturated rings. The van der Waals surface area contributed by atoms with Gasteiger partial charge < -0.3 is 25.4 Å². The molecule has 10 heteroatoms. The first-order valence-corrected chi connectivity index (χ1v) is 9.07. The maximum absolute atomic E-state index is 10.9. The number of amides is 1. The summed E-state index contributed by atoms with van der Waals surface area (Å²) in [6, 6.07) is 12.9. The molecule has 3 aromatic rings. The van der Waals surface area contributed by atoms with Gasteiger partial charge in [-0.25, -0.2) is 9.77 Å². The maximum Gasteiger partial charge on any atom is 0.255 e. The zero-order valence-electron chi connectivity index (χ0n) is 16.0. The molecule has 0 atom stereocenters. The number of nitrogens with zero attached hydrogens (tertiary/aromatic N) is 2. The highest BCUT2D eigenvalue weighted by Crippen LogP contribution is 2.29. The Hall–Kier alpha value is -3.53. The smallest absolute Gasteiger partial charge is 0.255 e. The van der Waals surface area contributed by atoms with E-state index in [1.807, 2.05) is 30.3 Å². The SMILES string of the molecule is COc1cc(CNn2c(-c3ccccc3OC)n[nH]c2=S)ccc1OCC(N)=O. The Balaban J connectivity index is 1.81. The molecule has 0 unspecified atom stereocenters. The number of primary amides is 1. The molecule has 0 radical (unpaired) electrons. The molecule has 1 heterocycles. The first-order chi connectivity index (χ1) is 14.0. The number of nitrogens with one attached hydrogen (secondary N) is 2. The Bertz CT molecular complexity index is 1060. The van der Waals surface area contributed by atoms with E-state index in [0.29, 0.717) is 34.4 Å². The van der Waals surface area contributed by atoms with Gasteiger partial charge in [0.25, 0.3) is 5.91 Å². The Kier molecular flexibility index (Phi) is 6.35. The van der Waals surface area contributed by atoms with Crippen molar-refractivity contribution in [1.82, 2.24) is 14.9 Å². The van der Waals surface area contributed by atoms with Crippen LogP contribution in [0.3, 0.4) is 0 Å². The van der Waals surface area contributed by atoms with E-state index in [-0.39, 0.29) is 6.61 Å². The van der Waals surface area contributed by atoms with Gasteiger partial charge in [-0.3, -0.25) is 4.79 Å². The average molecular weight is 415 g/mol. The van der Waals surface area contributed by atoms with Gasteiger partial charge in [0.1, 0.15) is 5.75 Å². The van der Waals surface area contributed by atoms with Crippen molar-refractivity contribution >= 4 is 18.1 Å². The molecule has 0 aliphatic heterocycles. The third-order valence-electron chi connectivity index (χ3n) is 4.06. The van der Waals surface area contributed by atoms with Crippen LogP contribution in [-0.4, -0.2) is 41.6 Å². The number of hydrogen-bond acceptors (Lipinski definition) is 7. The van der Waals surface area contributed by atoms with Crippen molar-refractivity contribution in [3.05, 3.63) is 52.8 Å². The van der Waals surface area contributed by atoms with E-state index in [1.54, 1.807) is 23.9 Å². The summed E-state index contributed by atoms with van der Waals surface area (Å²) < 4.78 is 18.2. The van der Waals surface area contributed by atoms with Crippen molar-refractivity contribution in [3.63, 3.8) is 0 Å². The number of carbonyl (C=O) groups excluding carboxylic acids is 1. The topological polar surface area (TPSA) is 116 Å². The van der Waals surface area contributed by atoms with Gasteiger partial charge in [-0.15, -0.1) is 0 Å². The molecule has 0 saturated heterocycles. The van der Waals surface area contributed by atoms with Crippen molar-refractivity contribution in [1.29, 1.82) is 0 Å². The lowest BCUT2D eigenvalue weighted by atomic mass is 10.2. The van der Waals surface area contributed by atoms with Gasteiger partial charge in [0, 0.05) is 0 Å². The molecule has 9 nitrogen and oxygen atoms in total. The van der Waals surface area contributed by atoms with E-state index in [9.17, 15) is 4.79 Å². The fraction of sp³-hybridized carbons (Fsp3) is 0.211. The lowest BCUT2D eigenvalue weighted by Gasteiger charge is -2.14. The first-order valence-electron chi connectivity index (χ1n) is 8.66. The summed E-state index contributed by atoms with van der Waals surface area (Å²) >= 11 is 5.35. The number of aromatic amines is 1. The number of para-hydroxylation sites is 1. The number of hydrogen-bond donors (Lipinski definition) is 3. The van der Waals surface area contributed by atoms with Crippen LogP contribution in [0.5, 0.6) is 17.2 Å². The van der Waals surface area contributed by atoms with Crippen LogP contribution in [0.2, 0.25) is 0 Å². The Morgan fingerprint density at radius 1 is 1.17 bits per heavy atom. The summed E-state index contributed by atoms with van der Waals surface area (Å²) in [5.74, 6) is 1.65. The highest BCUT2D eigenvalue weighted by Gasteiger charge is 2.14. The van der Waals surface area contributed by atoms with Crippen LogP contribution in [0.4, 0.5) is 0 Å². The van der Waals surface area contributed by atoms with E-state index in [0.717, 1.165) is 11.1 Å². The van der Waals surface area contributed by atoms with Crippen LogP contribution in [-0.2, 0) is 11.3 Å². The summed E-state index contributed by atoms with van der Waals surface area (Å²) in [5, 5.41) is 7.10. The first kappa shape index (κ1) is 20.2. The van der Waals surface area contributed by atoms with Gasteiger partial charge >= 0.3 is 0 Å². The van der Waals surface area contributed by atoms with Crippen LogP contribution in [0.15, 0.2) is 42.5 Å². The number of aromatic nitrogens is 3. The highest BCUT2D eigenvalue weighted by atomic mass is 32.1. The van der Waals surface area contributed by atoms with Crippen LogP contribution < -0.4 is 25.4 Å². The Morgan fingerprint density at radius 3 is 2.66 bits per heavy atom. The number of nitrogens with two attached hydrogens (primary N) is 1. The molecule has 2 aromatic carbocycles. The highest BCUT2D eigenvalue weighted by molar-refractivity contribution is 7.71. The summed E-state index contributed by atoms with van der Waals surface area (Å²) in [6.45, 7) is 0.211. The maximum atomic E-state index is 10.9. The molecule has 3 rings (SSSR count). The molecular weight excluding hydrogens is 394 g/mol. The molecule has 29 heavy (non-hydrogen) atoms. The van der Waals surface area contributed by atoms with Crippen molar-refractivity contribution in [2.24, 2.45) is 5.73 Å². The largest absolute Gasteiger partial charge is 0.496 e. The minimum Gasteiger partial charge on any atom is -0.496 e. The van der Waals surface area contributed by atoms with Crippen molar-refractivity contribution in [2.75, 3.05) is 26.3 Å². The number of H-pyrrole nitrogens is 1. The quantitative estimate of drug-likeness (QED) is 0.459. The minimum atomic E-state index is -0.559. The zero-order valence-corrected chi connectivity index (χ0v) is 16.8. The van der Waals surface area contributed by atoms with Gasteiger partial charge in [-0.2, -0.15) is 5.10 Å². The number of ether oxygens (including phenoxy) is 3. The molecule has 1 aromatic heterocycles. The predicted molar refractivity (Wildman–Crippen MR) is 110 cm³/mol. The van der Waals surface area contributed by atoms with E-state index in [2.05, 4.69) is 15.6 Å². The fourth-order valence-corrected chi connectivity index (χ4v) is 2.91. The van der Waals surface area contributed by atoms with E-state index < -0.39 is 5.91 Å². The van der Waals surface area contributed by atoms with Gasteiger partial charge in [-0.05, 0) is 42.0 Å². The summed E-state index contributed by atoms with van der Waals surface area (Å²) in [4.78, 5) is 10.9. The number of methoxy groups -OCH3 is 2. The molecule has 0 aliphatic rings. The standard InChI is InChI=1S/C19H21N5O4S/c1-26-14-6-4-3-5-13(14)18-22-23-19(29)24(18)21-10-12-7-8-15(16(9-12)27-2)28-11-17(20)25/h3-9,21H,10-11H2,1-2H3,(H2,20,25)(H,23,29). The predicted octanol–water partition coefficient (Wildman–Crippen LogP) is 2.23. The van der Waals surface area contributed by atoms with Gasteiger partial charge in [-0.1, -0.05) is 18.2 Å². The normalized spacial score (nSPS) is 10.4. The monoisotopic (exact) mass is 415 g/mol.